The molecule has 0 bridgehead atoms. The summed E-state index contributed by atoms with van der Waals surface area (Å²) in [5, 5.41) is 0. The van der Waals surface area contributed by atoms with Crippen LogP contribution in [0.15, 0.2) is 42.6 Å². The van der Waals surface area contributed by atoms with Crippen molar-refractivity contribution in [2.24, 2.45) is 0 Å². The van der Waals surface area contributed by atoms with Crippen molar-refractivity contribution in [2.45, 2.75) is 20.3 Å². The third-order valence-corrected chi connectivity index (χ3v) is 3.93. The number of rotatable bonds is 5. The van der Waals surface area contributed by atoms with Crippen molar-refractivity contribution in [3.05, 3.63) is 48.2 Å². The Hall–Kier alpha value is -2.63. The maximum Gasteiger partial charge on any atom is 0.339 e. The second-order valence-corrected chi connectivity index (χ2v) is 5.68. The molecule has 1 aromatic heterocycles. The number of allylic oxidation sites excluding steroid dienone is 3. The van der Waals surface area contributed by atoms with Crippen molar-refractivity contribution >= 4 is 17.7 Å². The minimum Gasteiger partial charge on any atom is -0.462 e. The largest absolute Gasteiger partial charge is 0.462 e. The average molecular weight is 343 g/mol. The SMILES string of the molecule is CC=CC=CC(=O)N1CCCN(c2ccc(C(=O)OCC)cn2)CC1. The van der Waals surface area contributed by atoms with Gasteiger partial charge in [-0.1, -0.05) is 18.2 Å². The summed E-state index contributed by atoms with van der Waals surface area (Å²) in [5.41, 5.74) is 0.450. The first-order valence-corrected chi connectivity index (χ1v) is 8.62. The Morgan fingerprint density at radius 2 is 2.04 bits per heavy atom. The van der Waals surface area contributed by atoms with Crippen LogP contribution < -0.4 is 4.90 Å². The number of nitrogens with zero attached hydrogens (tertiary/aromatic N) is 3. The van der Waals surface area contributed by atoms with Crippen LogP contribution in [-0.2, 0) is 9.53 Å². The molecule has 6 nitrogen and oxygen atoms in total. The highest BCUT2D eigenvalue weighted by Gasteiger charge is 2.18. The normalized spacial score (nSPS) is 15.6. The monoisotopic (exact) mass is 343 g/mol. The van der Waals surface area contributed by atoms with Crippen molar-refractivity contribution in [3.8, 4) is 0 Å². The van der Waals surface area contributed by atoms with E-state index in [1.807, 2.05) is 30.0 Å². The molecule has 0 radical (unpaired) electrons. The lowest BCUT2D eigenvalue weighted by atomic mass is 10.2. The Labute approximate surface area is 148 Å². The number of carbonyl (C=O) groups excluding carboxylic acids is 2. The van der Waals surface area contributed by atoms with E-state index in [0.717, 1.165) is 31.9 Å². The summed E-state index contributed by atoms with van der Waals surface area (Å²) in [6, 6.07) is 3.56. The highest BCUT2D eigenvalue weighted by molar-refractivity contribution is 5.89. The van der Waals surface area contributed by atoms with Gasteiger partial charge in [0.15, 0.2) is 0 Å². The molecule has 25 heavy (non-hydrogen) atoms. The van der Waals surface area contributed by atoms with Crippen molar-refractivity contribution < 1.29 is 14.3 Å². The molecule has 0 aromatic carbocycles. The summed E-state index contributed by atoms with van der Waals surface area (Å²) in [5.74, 6) is 0.486. The van der Waals surface area contributed by atoms with Gasteiger partial charge in [-0.05, 0) is 32.4 Å². The van der Waals surface area contributed by atoms with Gasteiger partial charge in [-0.3, -0.25) is 4.79 Å². The zero-order chi connectivity index (χ0) is 18.1. The van der Waals surface area contributed by atoms with E-state index >= 15 is 0 Å². The first-order valence-electron chi connectivity index (χ1n) is 8.62. The van der Waals surface area contributed by atoms with Crippen LogP contribution in [-0.4, -0.2) is 54.5 Å². The zero-order valence-corrected chi connectivity index (χ0v) is 14.9. The Morgan fingerprint density at radius 3 is 2.72 bits per heavy atom. The Kier molecular flexibility index (Phi) is 7.19. The van der Waals surface area contributed by atoms with E-state index in [2.05, 4.69) is 9.88 Å². The standard InChI is InChI=1S/C19H25N3O3/c1-3-5-6-8-18(23)22-12-7-11-21(13-14-22)17-10-9-16(15-20-17)19(24)25-4-2/h3,5-6,8-10,15H,4,7,11-14H2,1-2H3. The van der Waals surface area contributed by atoms with Crippen LogP contribution in [0.2, 0.25) is 0 Å². The van der Waals surface area contributed by atoms with E-state index in [0.29, 0.717) is 18.7 Å². The lowest BCUT2D eigenvalue weighted by Gasteiger charge is -2.22. The van der Waals surface area contributed by atoms with Crippen molar-refractivity contribution in [2.75, 3.05) is 37.7 Å². The highest BCUT2D eigenvalue weighted by atomic mass is 16.5. The van der Waals surface area contributed by atoms with Gasteiger partial charge in [0.25, 0.3) is 0 Å². The van der Waals surface area contributed by atoms with Crippen LogP contribution in [0.5, 0.6) is 0 Å². The van der Waals surface area contributed by atoms with E-state index in [1.165, 1.54) is 0 Å². The second kappa shape index (κ2) is 9.61. The van der Waals surface area contributed by atoms with Crippen molar-refractivity contribution in [1.82, 2.24) is 9.88 Å². The predicted molar refractivity (Wildman–Crippen MR) is 97.6 cm³/mol. The molecule has 1 aliphatic heterocycles. The molecule has 2 heterocycles. The number of esters is 1. The van der Waals surface area contributed by atoms with Gasteiger partial charge in [0.1, 0.15) is 5.82 Å². The quantitative estimate of drug-likeness (QED) is 0.467. The molecule has 2 rings (SSSR count). The zero-order valence-electron chi connectivity index (χ0n) is 14.9. The fraction of sp³-hybridized carbons (Fsp3) is 0.421. The third-order valence-electron chi connectivity index (χ3n) is 3.93. The predicted octanol–water partition coefficient (Wildman–Crippen LogP) is 2.43. The lowest BCUT2D eigenvalue weighted by molar-refractivity contribution is -0.125. The molecular formula is C19H25N3O3. The molecule has 0 N–H and O–H groups in total. The number of hydrogen-bond acceptors (Lipinski definition) is 5. The summed E-state index contributed by atoms with van der Waals surface area (Å²) < 4.78 is 4.97. The molecule has 0 aliphatic carbocycles. The molecule has 134 valence electrons. The summed E-state index contributed by atoms with van der Waals surface area (Å²) in [6.07, 6.45) is 9.52. The van der Waals surface area contributed by atoms with Crippen LogP contribution in [0.3, 0.4) is 0 Å². The first kappa shape index (κ1) is 18.7. The Balaban J connectivity index is 1.96. The van der Waals surface area contributed by atoms with Crippen LogP contribution in [0, 0.1) is 0 Å². The molecule has 1 saturated heterocycles. The van der Waals surface area contributed by atoms with E-state index in [9.17, 15) is 9.59 Å². The molecule has 0 spiro atoms. The van der Waals surface area contributed by atoms with E-state index in [1.54, 1.807) is 31.3 Å². The summed E-state index contributed by atoms with van der Waals surface area (Å²) in [7, 11) is 0. The van der Waals surface area contributed by atoms with Gasteiger partial charge in [-0.2, -0.15) is 0 Å². The number of ether oxygens (including phenoxy) is 1. The van der Waals surface area contributed by atoms with Gasteiger partial charge >= 0.3 is 5.97 Å². The van der Waals surface area contributed by atoms with Gasteiger partial charge < -0.3 is 14.5 Å². The molecule has 0 saturated carbocycles. The lowest BCUT2D eigenvalue weighted by Crippen LogP contribution is -2.34. The van der Waals surface area contributed by atoms with Gasteiger partial charge in [-0.25, -0.2) is 9.78 Å². The molecule has 0 atom stereocenters. The average Bonchev–Trinajstić information content (AvgIpc) is 2.88. The fourth-order valence-electron chi connectivity index (χ4n) is 2.63. The van der Waals surface area contributed by atoms with Gasteiger partial charge in [0, 0.05) is 38.5 Å². The molecule has 1 aliphatic rings. The molecule has 1 fully saturated rings. The maximum atomic E-state index is 12.2. The Bertz CT molecular complexity index is 638. The molecule has 6 heteroatoms. The van der Waals surface area contributed by atoms with Crippen LogP contribution >= 0.6 is 0 Å². The molecule has 0 unspecified atom stereocenters. The maximum absolute atomic E-state index is 12.2. The van der Waals surface area contributed by atoms with Crippen LogP contribution in [0.1, 0.15) is 30.6 Å². The van der Waals surface area contributed by atoms with E-state index < -0.39 is 0 Å². The molecule has 1 amide bonds. The number of pyridine rings is 1. The minimum atomic E-state index is -0.359. The smallest absolute Gasteiger partial charge is 0.339 e. The third kappa shape index (κ3) is 5.45. The number of hydrogen-bond donors (Lipinski definition) is 0. The number of aromatic nitrogens is 1. The first-order chi connectivity index (χ1) is 12.2. The summed E-state index contributed by atoms with van der Waals surface area (Å²) in [4.78, 5) is 32.2. The molecular weight excluding hydrogens is 318 g/mol. The van der Waals surface area contributed by atoms with Gasteiger partial charge in [-0.15, -0.1) is 0 Å². The minimum absolute atomic E-state index is 0.0329. The summed E-state index contributed by atoms with van der Waals surface area (Å²) >= 11 is 0. The van der Waals surface area contributed by atoms with Crippen LogP contribution in [0.25, 0.3) is 0 Å². The van der Waals surface area contributed by atoms with Crippen molar-refractivity contribution in [1.29, 1.82) is 0 Å². The van der Waals surface area contributed by atoms with Gasteiger partial charge in [0.05, 0.1) is 12.2 Å². The number of carbonyl (C=O) groups is 2. The van der Waals surface area contributed by atoms with E-state index in [-0.39, 0.29) is 11.9 Å². The highest BCUT2D eigenvalue weighted by Crippen LogP contribution is 2.15. The number of anilines is 1. The van der Waals surface area contributed by atoms with Crippen molar-refractivity contribution in [3.63, 3.8) is 0 Å². The second-order valence-electron chi connectivity index (χ2n) is 5.68. The number of amides is 1. The summed E-state index contributed by atoms with van der Waals surface area (Å²) in [6.45, 7) is 6.97. The van der Waals surface area contributed by atoms with E-state index in [4.69, 9.17) is 4.74 Å². The Morgan fingerprint density at radius 1 is 1.20 bits per heavy atom. The molecule has 1 aromatic rings. The fourth-order valence-corrected chi connectivity index (χ4v) is 2.63. The topological polar surface area (TPSA) is 62.7 Å². The van der Waals surface area contributed by atoms with Gasteiger partial charge in [0.2, 0.25) is 5.91 Å². The van der Waals surface area contributed by atoms with Crippen LogP contribution in [0.4, 0.5) is 5.82 Å².